The van der Waals surface area contributed by atoms with E-state index in [0.29, 0.717) is 11.8 Å². The Kier molecular flexibility index (Phi) is 8.96. The molecule has 182 valence electrons. The lowest BCUT2D eigenvalue weighted by molar-refractivity contribution is -0.145. The molecule has 5 heteroatoms. The van der Waals surface area contributed by atoms with Gasteiger partial charge in [0.25, 0.3) is 0 Å². The van der Waals surface area contributed by atoms with Crippen molar-refractivity contribution in [1.82, 2.24) is 9.80 Å². The molecule has 1 unspecified atom stereocenters. The fraction of sp³-hybridized carbons (Fsp3) is 0.714. The molecule has 3 aliphatic rings. The third kappa shape index (κ3) is 6.89. The third-order valence-electron chi connectivity index (χ3n) is 8.48. The Morgan fingerprint density at radius 1 is 1.00 bits per heavy atom. The van der Waals surface area contributed by atoms with Gasteiger partial charge in [-0.25, -0.2) is 0 Å². The molecule has 2 aliphatic heterocycles. The molecule has 0 aromatic heterocycles. The van der Waals surface area contributed by atoms with Gasteiger partial charge in [-0.05, 0) is 107 Å². The molecular formula is C28H43N3O2. The number of aliphatic carboxylic acids is 1. The number of nitrogens with zero attached hydrogens (tertiary/aromatic N) is 3. The number of aliphatic imine (C=N–C) groups is 1. The van der Waals surface area contributed by atoms with E-state index >= 15 is 0 Å². The van der Waals surface area contributed by atoms with Crippen LogP contribution in [0.2, 0.25) is 0 Å². The van der Waals surface area contributed by atoms with Crippen molar-refractivity contribution in [2.45, 2.75) is 76.7 Å². The van der Waals surface area contributed by atoms with Gasteiger partial charge in [-0.2, -0.15) is 0 Å². The smallest absolute Gasteiger partial charge is 0.321 e. The topological polar surface area (TPSA) is 56.1 Å². The zero-order valence-corrected chi connectivity index (χ0v) is 20.3. The molecule has 2 saturated heterocycles. The van der Waals surface area contributed by atoms with Gasteiger partial charge in [0.2, 0.25) is 0 Å². The van der Waals surface area contributed by atoms with E-state index < -0.39 is 5.97 Å². The maximum atomic E-state index is 12.1. The Hall–Kier alpha value is -1.72. The van der Waals surface area contributed by atoms with Gasteiger partial charge in [0, 0.05) is 13.1 Å². The maximum absolute atomic E-state index is 12.1. The highest BCUT2D eigenvalue weighted by Crippen LogP contribution is 2.32. The predicted octanol–water partition coefficient (Wildman–Crippen LogP) is 5.41. The van der Waals surface area contributed by atoms with Crippen LogP contribution >= 0.6 is 0 Å². The lowest BCUT2D eigenvalue weighted by Gasteiger charge is -2.35. The number of hydrogen-bond donors (Lipinski definition) is 1. The minimum Gasteiger partial charge on any atom is -0.480 e. The van der Waals surface area contributed by atoms with E-state index in [0.717, 1.165) is 56.9 Å². The molecule has 1 aromatic carbocycles. The van der Waals surface area contributed by atoms with Crippen LogP contribution in [0.1, 0.15) is 69.8 Å². The van der Waals surface area contributed by atoms with Crippen LogP contribution in [0.5, 0.6) is 0 Å². The van der Waals surface area contributed by atoms with Crippen molar-refractivity contribution in [2.24, 2.45) is 22.7 Å². The number of hydrogen-bond acceptors (Lipinski definition) is 4. The highest BCUT2D eigenvalue weighted by molar-refractivity contribution is 5.74. The molecule has 1 saturated carbocycles. The quantitative estimate of drug-likeness (QED) is 0.481. The molecule has 0 spiro atoms. The van der Waals surface area contributed by atoms with Gasteiger partial charge < -0.3 is 10.0 Å². The zero-order chi connectivity index (χ0) is 23.0. The SMILES string of the molecule is C=Nc1ccc(CCCC2CCN(CC3CCN([C@@H](C(=O)O)C4CCCCC4)C3)CC2)cc1. The number of carbonyl (C=O) groups is 1. The summed E-state index contributed by atoms with van der Waals surface area (Å²) in [6.45, 7) is 9.12. The molecule has 2 atom stereocenters. The third-order valence-corrected chi connectivity index (χ3v) is 8.48. The van der Waals surface area contributed by atoms with Crippen LogP contribution in [-0.2, 0) is 11.2 Å². The van der Waals surface area contributed by atoms with Gasteiger partial charge in [0.1, 0.15) is 6.04 Å². The minimum absolute atomic E-state index is 0.245. The average Bonchev–Trinajstić information content (AvgIpc) is 3.29. The number of rotatable bonds is 10. The van der Waals surface area contributed by atoms with Crippen LogP contribution in [0.25, 0.3) is 0 Å². The second-order valence-electron chi connectivity index (χ2n) is 10.8. The molecule has 0 radical (unpaired) electrons. The highest BCUT2D eigenvalue weighted by Gasteiger charge is 2.38. The van der Waals surface area contributed by atoms with Crippen LogP contribution in [0, 0.1) is 17.8 Å². The Labute approximate surface area is 200 Å². The second-order valence-corrected chi connectivity index (χ2v) is 10.8. The summed E-state index contributed by atoms with van der Waals surface area (Å²) >= 11 is 0. The number of piperidine rings is 1. The van der Waals surface area contributed by atoms with Gasteiger partial charge in [-0.3, -0.25) is 14.7 Å². The summed E-state index contributed by atoms with van der Waals surface area (Å²) in [6.07, 6.45) is 13.4. The summed E-state index contributed by atoms with van der Waals surface area (Å²) in [6, 6.07) is 8.23. The van der Waals surface area contributed by atoms with Gasteiger partial charge in [-0.15, -0.1) is 0 Å². The number of carboxylic acids is 1. The first kappa shape index (κ1) is 24.4. The molecule has 3 fully saturated rings. The lowest BCUT2D eigenvalue weighted by Crippen LogP contribution is -2.46. The minimum atomic E-state index is -0.586. The molecule has 1 aliphatic carbocycles. The lowest BCUT2D eigenvalue weighted by atomic mass is 9.83. The van der Waals surface area contributed by atoms with E-state index in [1.165, 1.54) is 63.6 Å². The fourth-order valence-corrected chi connectivity index (χ4v) is 6.56. The van der Waals surface area contributed by atoms with Gasteiger partial charge in [0.15, 0.2) is 0 Å². The highest BCUT2D eigenvalue weighted by atomic mass is 16.4. The fourth-order valence-electron chi connectivity index (χ4n) is 6.56. The number of aryl methyl sites for hydroxylation is 1. The predicted molar refractivity (Wildman–Crippen MR) is 135 cm³/mol. The van der Waals surface area contributed by atoms with E-state index in [1.807, 2.05) is 0 Å². The first-order chi connectivity index (χ1) is 16.1. The van der Waals surface area contributed by atoms with E-state index in [1.54, 1.807) is 0 Å². The Bertz CT molecular complexity index is 751. The van der Waals surface area contributed by atoms with Crippen LogP contribution in [-0.4, -0.2) is 66.4 Å². The molecule has 1 N–H and O–H groups in total. The molecule has 4 rings (SSSR count). The van der Waals surface area contributed by atoms with Crippen molar-refractivity contribution >= 4 is 18.4 Å². The van der Waals surface area contributed by atoms with Crippen molar-refractivity contribution in [3.05, 3.63) is 29.8 Å². The molecule has 5 nitrogen and oxygen atoms in total. The van der Waals surface area contributed by atoms with Crippen molar-refractivity contribution < 1.29 is 9.90 Å². The maximum Gasteiger partial charge on any atom is 0.321 e. The zero-order valence-electron chi connectivity index (χ0n) is 20.3. The first-order valence-electron chi connectivity index (χ1n) is 13.4. The van der Waals surface area contributed by atoms with Crippen molar-refractivity contribution in [1.29, 1.82) is 0 Å². The van der Waals surface area contributed by atoms with Crippen LogP contribution in [0.3, 0.4) is 0 Å². The Morgan fingerprint density at radius 3 is 2.36 bits per heavy atom. The van der Waals surface area contributed by atoms with E-state index in [2.05, 4.69) is 45.8 Å². The molecule has 0 bridgehead atoms. The summed E-state index contributed by atoms with van der Waals surface area (Å²) < 4.78 is 0. The van der Waals surface area contributed by atoms with E-state index in [9.17, 15) is 9.90 Å². The van der Waals surface area contributed by atoms with Gasteiger partial charge in [0.05, 0.1) is 5.69 Å². The molecule has 0 amide bonds. The van der Waals surface area contributed by atoms with E-state index in [-0.39, 0.29) is 6.04 Å². The monoisotopic (exact) mass is 453 g/mol. The largest absolute Gasteiger partial charge is 0.480 e. The van der Waals surface area contributed by atoms with Gasteiger partial charge in [-0.1, -0.05) is 37.8 Å². The standard InChI is InChI=1S/C28H43N3O2/c1-29-26-12-10-22(11-13-26)6-5-7-23-14-17-30(18-15-23)20-24-16-19-31(21-24)27(28(32)33)25-8-3-2-4-9-25/h10-13,23-25,27H,1-9,14-21H2,(H,32,33)/t24?,27-/m1/s1. The summed E-state index contributed by atoms with van der Waals surface area (Å²) in [5.74, 6) is 1.28. The first-order valence-corrected chi connectivity index (χ1v) is 13.4. The Morgan fingerprint density at radius 2 is 1.70 bits per heavy atom. The molecule has 1 aromatic rings. The van der Waals surface area contributed by atoms with Crippen molar-refractivity contribution in [2.75, 3.05) is 32.7 Å². The van der Waals surface area contributed by atoms with Crippen LogP contribution in [0.4, 0.5) is 5.69 Å². The number of carboxylic acid groups (broad SMARTS) is 1. The van der Waals surface area contributed by atoms with Crippen molar-refractivity contribution in [3.63, 3.8) is 0 Å². The normalized spacial score (nSPS) is 24.7. The van der Waals surface area contributed by atoms with Crippen molar-refractivity contribution in [3.8, 4) is 0 Å². The van der Waals surface area contributed by atoms with E-state index in [4.69, 9.17) is 0 Å². The molecular weight excluding hydrogens is 410 g/mol. The van der Waals surface area contributed by atoms with Crippen LogP contribution < -0.4 is 0 Å². The van der Waals surface area contributed by atoms with Crippen LogP contribution in [0.15, 0.2) is 29.3 Å². The second kappa shape index (κ2) is 12.1. The van der Waals surface area contributed by atoms with Gasteiger partial charge >= 0.3 is 5.97 Å². The molecule has 33 heavy (non-hydrogen) atoms. The summed E-state index contributed by atoms with van der Waals surface area (Å²) in [5, 5.41) is 9.93. The number of benzene rings is 1. The summed E-state index contributed by atoms with van der Waals surface area (Å²) in [4.78, 5) is 21.0. The number of likely N-dealkylation sites (tertiary alicyclic amines) is 2. The summed E-state index contributed by atoms with van der Waals surface area (Å²) in [7, 11) is 0. The molecule has 2 heterocycles. The summed E-state index contributed by atoms with van der Waals surface area (Å²) in [5.41, 5.74) is 2.35. The Balaban J connectivity index is 1.15. The average molecular weight is 454 g/mol.